The molecule has 0 aliphatic rings. The molecule has 1 aromatic carbocycles. The van der Waals surface area contributed by atoms with Crippen molar-refractivity contribution >= 4 is 39.1 Å². The van der Waals surface area contributed by atoms with E-state index < -0.39 is 0 Å². The zero-order valence-corrected chi connectivity index (χ0v) is 12.1. The van der Waals surface area contributed by atoms with Gasteiger partial charge in [-0.1, -0.05) is 23.2 Å². The van der Waals surface area contributed by atoms with Crippen LogP contribution in [0.5, 0.6) is 0 Å². The van der Waals surface area contributed by atoms with E-state index in [1.54, 1.807) is 12.1 Å². The van der Waals surface area contributed by atoms with E-state index in [4.69, 9.17) is 28.9 Å². The van der Waals surface area contributed by atoms with Gasteiger partial charge in [0.1, 0.15) is 10.4 Å². The molecule has 0 radical (unpaired) electrons. The van der Waals surface area contributed by atoms with Crippen LogP contribution in [0.3, 0.4) is 0 Å². The summed E-state index contributed by atoms with van der Waals surface area (Å²) in [4.78, 5) is 4.42. The number of hydrogen-bond acceptors (Lipinski definition) is 2. The van der Waals surface area contributed by atoms with Gasteiger partial charge in [0.15, 0.2) is 0 Å². The standard InChI is InChI=1S/C11H10BrCl2N3/c1-17-9(5-15)10(12)16-11(17)6-2-3-7(13)8(14)4-6/h2-4H,5,15H2,1H3. The maximum Gasteiger partial charge on any atom is 0.141 e. The molecule has 3 nitrogen and oxygen atoms in total. The fourth-order valence-electron chi connectivity index (χ4n) is 1.61. The maximum absolute atomic E-state index is 5.99. The third-order valence-electron chi connectivity index (χ3n) is 2.54. The van der Waals surface area contributed by atoms with Gasteiger partial charge in [0.2, 0.25) is 0 Å². The Hall–Kier alpha value is -0.550. The Morgan fingerprint density at radius 2 is 2.06 bits per heavy atom. The van der Waals surface area contributed by atoms with Crippen molar-refractivity contribution in [2.24, 2.45) is 12.8 Å². The lowest BCUT2D eigenvalue weighted by Crippen LogP contribution is -2.04. The first-order chi connectivity index (χ1) is 8.04. The van der Waals surface area contributed by atoms with Gasteiger partial charge in [0.05, 0.1) is 15.7 Å². The summed E-state index contributed by atoms with van der Waals surface area (Å²) in [5.41, 5.74) is 7.50. The average Bonchev–Trinajstić information content (AvgIpc) is 2.58. The fourth-order valence-corrected chi connectivity index (χ4v) is 2.51. The van der Waals surface area contributed by atoms with Crippen LogP contribution < -0.4 is 5.73 Å². The van der Waals surface area contributed by atoms with E-state index in [9.17, 15) is 0 Å². The van der Waals surface area contributed by atoms with E-state index in [1.807, 2.05) is 17.7 Å². The number of aromatic nitrogens is 2. The molecule has 1 aromatic heterocycles. The first kappa shape index (κ1) is 12.9. The van der Waals surface area contributed by atoms with Gasteiger partial charge < -0.3 is 10.3 Å². The molecule has 0 saturated heterocycles. The molecule has 90 valence electrons. The van der Waals surface area contributed by atoms with Crippen LogP contribution in [-0.4, -0.2) is 9.55 Å². The topological polar surface area (TPSA) is 43.8 Å². The third-order valence-corrected chi connectivity index (χ3v) is 3.91. The molecule has 0 unspecified atom stereocenters. The number of rotatable bonds is 2. The van der Waals surface area contributed by atoms with Gasteiger partial charge in [-0.3, -0.25) is 0 Å². The lowest BCUT2D eigenvalue weighted by Gasteiger charge is -2.05. The molecule has 0 fully saturated rings. The predicted octanol–water partition coefficient (Wildman–Crippen LogP) is 3.62. The van der Waals surface area contributed by atoms with E-state index in [1.165, 1.54) is 0 Å². The number of hydrogen-bond donors (Lipinski definition) is 1. The molecule has 0 aliphatic heterocycles. The van der Waals surface area contributed by atoms with E-state index in [0.29, 0.717) is 16.6 Å². The Labute approximate surface area is 118 Å². The second kappa shape index (κ2) is 4.98. The van der Waals surface area contributed by atoms with Crippen molar-refractivity contribution in [1.29, 1.82) is 0 Å². The normalized spacial score (nSPS) is 10.9. The van der Waals surface area contributed by atoms with Gasteiger partial charge in [-0.2, -0.15) is 0 Å². The first-order valence-electron chi connectivity index (χ1n) is 4.91. The minimum atomic E-state index is 0.422. The van der Waals surface area contributed by atoms with Gasteiger partial charge in [-0.15, -0.1) is 0 Å². The number of halogens is 3. The number of nitrogens with two attached hydrogens (primary N) is 1. The van der Waals surface area contributed by atoms with Crippen LogP contribution in [-0.2, 0) is 13.6 Å². The van der Waals surface area contributed by atoms with Crippen LogP contribution in [0.4, 0.5) is 0 Å². The van der Waals surface area contributed by atoms with Crippen LogP contribution in [0.25, 0.3) is 11.4 Å². The van der Waals surface area contributed by atoms with Gasteiger partial charge in [-0.05, 0) is 34.1 Å². The van der Waals surface area contributed by atoms with Crippen molar-refractivity contribution in [2.45, 2.75) is 6.54 Å². The molecule has 2 N–H and O–H groups in total. The highest BCUT2D eigenvalue weighted by atomic mass is 79.9. The molecule has 0 spiro atoms. The van der Waals surface area contributed by atoms with E-state index >= 15 is 0 Å². The highest BCUT2D eigenvalue weighted by Gasteiger charge is 2.13. The van der Waals surface area contributed by atoms with E-state index in [2.05, 4.69) is 20.9 Å². The summed E-state index contributed by atoms with van der Waals surface area (Å²) < 4.78 is 2.69. The summed E-state index contributed by atoms with van der Waals surface area (Å²) in [6, 6.07) is 5.42. The molecular weight excluding hydrogens is 325 g/mol. The van der Waals surface area contributed by atoms with Crippen LogP contribution in [0.2, 0.25) is 10.0 Å². The Morgan fingerprint density at radius 3 is 2.59 bits per heavy atom. The Balaban J connectivity index is 2.57. The van der Waals surface area contributed by atoms with Gasteiger partial charge in [0, 0.05) is 19.2 Å². The molecule has 17 heavy (non-hydrogen) atoms. The maximum atomic E-state index is 5.99. The Bertz CT molecular complexity index is 566. The quantitative estimate of drug-likeness (QED) is 0.911. The van der Waals surface area contributed by atoms with E-state index in [0.717, 1.165) is 21.7 Å². The molecule has 0 bridgehead atoms. The molecule has 0 amide bonds. The molecule has 1 heterocycles. The molecule has 2 rings (SSSR count). The summed E-state index contributed by atoms with van der Waals surface area (Å²) in [6.45, 7) is 0.422. The first-order valence-corrected chi connectivity index (χ1v) is 6.46. The van der Waals surface area contributed by atoms with Crippen LogP contribution in [0.1, 0.15) is 5.69 Å². The van der Waals surface area contributed by atoms with Crippen molar-refractivity contribution in [2.75, 3.05) is 0 Å². The molecule has 0 saturated carbocycles. The molecule has 0 aliphatic carbocycles. The number of benzene rings is 1. The summed E-state index contributed by atoms with van der Waals surface area (Å²) in [7, 11) is 1.91. The van der Waals surface area contributed by atoms with Gasteiger partial charge in [0.25, 0.3) is 0 Å². The second-order valence-corrected chi connectivity index (χ2v) is 5.13. The lowest BCUT2D eigenvalue weighted by atomic mass is 10.2. The molecule has 0 atom stereocenters. The monoisotopic (exact) mass is 333 g/mol. The largest absolute Gasteiger partial charge is 0.329 e. The minimum Gasteiger partial charge on any atom is -0.329 e. The van der Waals surface area contributed by atoms with Crippen molar-refractivity contribution < 1.29 is 0 Å². The lowest BCUT2D eigenvalue weighted by molar-refractivity contribution is 0.825. The highest BCUT2D eigenvalue weighted by Crippen LogP contribution is 2.30. The number of imidazole rings is 1. The number of nitrogens with zero attached hydrogens (tertiary/aromatic N) is 2. The molecular formula is C11H10BrCl2N3. The van der Waals surface area contributed by atoms with Gasteiger partial charge >= 0.3 is 0 Å². The summed E-state index contributed by atoms with van der Waals surface area (Å²) in [6.07, 6.45) is 0. The Morgan fingerprint density at radius 1 is 1.35 bits per heavy atom. The predicted molar refractivity (Wildman–Crippen MR) is 74.3 cm³/mol. The minimum absolute atomic E-state index is 0.422. The third kappa shape index (κ3) is 2.36. The summed E-state index contributed by atoms with van der Waals surface area (Å²) in [5.74, 6) is 0.802. The average molecular weight is 335 g/mol. The zero-order valence-electron chi connectivity index (χ0n) is 9.04. The van der Waals surface area contributed by atoms with Crippen LogP contribution in [0, 0.1) is 0 Å². The van der Waals surface area contributed by atoms with Crippen LogP contribution >= 0.6 is 39.1 Å². The smallest absolute Gasteiger partial charge is 0.141 e. The van der Waals surface area contributed by atoms with Gasteiger partial charge in [-0.25, -0.2) is 4.98 Å². The van der Waals surface area contributed by atoms with Crippen molar-refractivity contribution in [3.8, 4) is 11.4 Å². The summed E-state index contributed by atoms with van der Waals surface area (Å²) >= 11 is 15.3. The second-order valence-electron chi connectivity index (χ2n) is 3.56. The highest BCUT2D eigenvalue weighted by molar-refractivity contribution is 9.10. The fraction of sp³-hybridized carbons (Fsp3) is 0.182. The zero-order chi connectivity index (χ0) is 12.6. The SMILES string of the molecule is Cn1c(-c2ccc(Cl)c(Cl)c2)nc(Br)c1CN. The molecule has 2 aromatic rings. The van der Waals surface area contributed by atoms with E-state index in [-0.39, 0.29) is 0 Å². The van der Waals surface area contributed by atoms with Crippen molar-refractivity contribution in [3.05, 3.63) is 38.5 Å². The van der Waals surface area contributed by atoms with Crippen LogP contribution in [0.15, 0.2) is 22.8 Å². The van der Waals surface area contributed by atoms with Crippen molar-refractivity contribution in [1.82, 2.24) is 9.55 Å². The summed E-state index contributed by atoms with van der Waals surface area (Å²) in [5, 5.41) is 1.04. The Kier molecular flexibility index (Phi) is 3.78. The molecule has 6 heteroatoms. The van der Waals surface area contributed by atoms with Crippen molar-refractivity contribution in [3.63, 3.8) is 0 Å².